The number of carbonyl (C=O) groups excluding carboxylic acids is 2. The first kappa shape index (κ1) is 23.5. The summed E-state index contributed by atoms with van der Waals surface area (Å²) in [6, 6.07) is 11.0. The third-order valence-corrected chi connectivity index (χ3v) is 5.80. The lowest BCUT2D eigenvalue weighted by molar-refractivity contribution is -0.121. The number of hydrogen-bond acceptors (Lipinski definition) is 5. The topological polar surface area (TPSA) is 105 Å². The van der Waals surface area contributed by atoms with E-state index in [-0.39, 0.29) is 23.6 Å². The number of hydrogen-bond donors (Lipinski definition) is 2. The molecule has 172 valence electrons. The molecule has 2 aromatic rings. The van der Waals surface area contributed by atoms with E-state index in [0.29, 0.717) is 39.0 Å². The SMILES string of the molecule is Cn1c(C(=O)N2CCCCNC(c3ccccc3)CC(=O)NCCC2)cc(=O)n(C)c1=O. The normalized spacial score (nSPS) is 18.8. The van der Waals surface area contributed by atoms with Crippen molar-refractivity contribution < 1.29 is 9.59 Å². The molecule has 1 fully saturated rings. The molecule has 2 N–H and O–H groups in total. The van der Waals surface area contributed by atoms with Crippen LogP contribution in [0.1, 0.15) is 47.8 Å². The molecule has 0 spiro atoms. The van der Waals surface area contributed by atoms with E-state index in [4.69, 9.17) is 0 Å². The van der Waals surface area contributed by atoms with Gasteiger partial charge in [0, 0.05) is 52.3 Å². The molecule has 0 bridgehead atoms. The van der Waals surface area contributed by atoms with E-state index < -0.39 is 11.2 Å². The lowest BCUT2D eigenvalue weighted by atomic mass is 10.0. The Bertz CT molecular complexity index is 1060. The number of carbonyl (C=O) groups is 2. The van der Waals surface area contributed by atoms with Crippen LogP contribution in [0, 0.1) is 0 Å². The fourth-order valence-corrected chi connectivity index (χ4v) is 3.87. The summed E-state index contributed by atoms with van der Waals surface area (Å²) in [5, 5.41) is 6.39. The minimum atomic E-state index is -0.532. The Morgan fingerprint density at radius 2 is 1.66 bits per heavy atom. The Labute approximate surface area is 187 Å². The summed E-state index contributed by atoms with van der Waals surface area (Å²) in [5.41, 5.74) is 0.107. The Balaban J connectivity index is 1.72. The van der Waals surface area contributed by atoms with Gasteiger partial charge in [-0.1, -0.05) is 30.3 Å². The van der Waals surface area contributed by atoms with E-state index in [1.54, 1.807) is 4.90 Å². The van der Waals surface area contributed by atoms with Crippen LogP contribution in [0.15, 0.2) is 46.0 Å². The largest absolute Gasteiger partial charge is 0.356 e. The van der Waals surface area contributed by atoms with Crippen LogP contribution in [0.3, 0.4) is 0 Å². The first-order valence-electron chi connectivity index (χ1n) is 11.0. The molecule has 9 nitrogen and oxygen atoms in total. The van der Waals surface area contributed by atoms with Crippen LogP contribution >= 0.6 is 0 Å². The van der Waals surface area contributed by atoms with E-state index in [1.807, 2.05) is 30.3 Å². The molecule has 2 amide bonds. The highest BCUT2D eigenvalue weighted by Gasteiger charge is 2.21. The molecule has 0 radical (unpaired) electrons. The second-order valence-electron chi connectivity index (χ2n) is 8.09. The van der Waals surface area contributed by atoms with Gasteiger partial charge in [0.1, 0.15) is 5.69 Å². The van der Waals surface area contributed by atoms with E-state index in [0.717, 1.165) is 23.0 Å². The molecule has 1 aromatic heterocycles. The van der Waals surface area contributed by atoms with Gasteiger partial charge in [0.05, 0.1) is 0 Å². The minimum absolute atomic E-state index is 0.0440. The third-order valence-electron chi connectivity index (χ3n) is 5.80. The molecule has 1 atom stereocenters. The van der Waals surface area contributed by atoms with Gasteiger partial charge < -0.3 is 15.5 Å². The Morgan fingerprint density at radius 3 is 2.41 bits per heavy atom. The zero-order chi connectivity index (χ0) is 23.1. The summed E-state index contributed by atoms with van der Waals surface area (Å²) in [4.78, 5) is 51.5. The molecule has 1 aromatic carbocycles. The van der Waals surface area contributed by atoms with E-state index in [9.17, 15) is 19.2 Å². The zero-order valence-corrected chi connectivity index (χ0v) is 18.7. The van der Waals surface area contributed by atoms with Gasteiger partial charge in [0.15, 0.2) is 0 Å². The van der Waals surface area contributed by atoms with Gasteiger partial charge in [-0.15, -0.1) is 0 Å². The van der Waals surface area contributed by atoms with Crippen molar-refractivity contribution in [2.24, 2.45) is 14.1 Å². The van der Waals surface area contributed by atoms with Gasteiger partial charge in [0.2, 0.25) is 5.91 Å². The molecule has 9 heteroatoms. The molecule has 1 saturated heterocycles. The number of nitrogens with zero attached hydrogens (tertiary/aromatic N) is 3. The quantitative estimate of drug-likeness (QED) is 0.708. The van der Waals surface area contributed by atoms with Gasteiger partial charge in [-0.3, -0.25) is 23.5 Å². The second kappa shape index (κ2) is 10.9. The lowest BCUT2D eigenvalue weighted by Gasteiger charge is -2.24. The van der Waals surface area contributed by atoms with Crippen LogP contribution in [-0.4, -0.2) is 52.0 Å². The van der Waals surface area contributed by atoms with Gasteiger partial charge in [-0.05, 0) is 31.4 Å². The van der Waals surface area contributed by atoms with Crippen molar-refractivity contribution in [2.75, 3.05) is 26.2 Å². The van der Waals surface area contributed by atoms with Crippen molar-refractivity contribution in [3.63, 3.8) is 0 Å². The Kier molecular flexibility index (Phi) is 7.99. The summed E-state index contributed by atoms with van der Waals surface area (Å²) < 4.78 is 2.18. The van der Waals surface area contributed by atoms with Crippen molar-refractivity contribution in [1.82, 2.24) is 24.7 Å². The predicted molar refractivity (Wildman–Crippen MR) is 121 cm³/mol. The molecule has 3 rings (SSSR count). The maximum atomic E-state index is 13.1. The van der Waals surface area contributed by atoms with Crippen LogP contribution in [0.25, 0.3) is 0 Å². The van der Waals surface area contributed by atoms with E-state index in [1.165, 1.54) is 24.7 Å². The highest BCUT2D eigenvalue weighted by Crippen LogP contribution is 2.17. The number of benzene rings is 1. The van der Waals surface area contributed by atoms with E-state index >= 15 is 0 Å². The molecular weight excluding hydrogens is 410 g/mol. The fourth-order valence-electron chi connectivity index (χ4n) is 3.87. The summed E-state index contributed by atoms with van der Waals surface area (Å²) in [6.45, 7) is 2.09. The van der Waals surface area contributed by atoms with Crippen molar-refractivity contribution in [1.29, 1.82) is 0 Å². The van der Waals surface area contributed by atoms with Crippen LogP contribution in [0.5, 0.6) is 0 Å². The summed E-state index contributed by atoms with van der Waals surface area (Å²) in [7, 11) is 2.88. The Hall–Kier alpha value is -3.20. The smallest absolute Gasteiger partial charge is 0.331 e. The van der Waals surface area contributed by atoms with Gasteiger partial charge >= 0.3 is 5.69 Å². The Morgan fingerprint density at radius 1 is 0.938 bits per heavy atom. The maximum Gasteiger partial charge on any atom is 0.331 e. The molecule has 1 aliphatic heterocycles. The third kappa shape index (κ3) is 5.73. The fraction of sp³-hybridized carbons (Fsp3) is 0.478. The highest BCUT2D eigenvalue weighted by molar-refractivity contribution is 5.92. The first-order chi connectivity index (χ1) is 15.4. The minimum Gasteiger partial charge on any atom is -0.356 e. The van der Waals surface area contributed by atoms with Crippen LogP contribution in [0.2, 0.25) is 0 Å². The van der Waals surface area contributed by atoms with Gasteiger partial charge in [-0.2, -0.15) is 0 Å². The van der Waals surface area contributed by atoms with Gasteiger partial charge in [-0.25, -0.2) is 4.79 Å². The van der Waals surface area contributed by atoms with Crippen LogP contribution in [0.4, 0.5) is 0 Å². The van der Waals surface area contributed by atoms with Crippen molar-refractivity contribution >= 4 is 11.8 Å². The maximum absolute atomic E-state index is 13.1. The lowest BCUT2D eigenvalue weighted by Crippen LogP contribution is -2.43. The van der Waals surface area contributed by atoms with Crippen molar-refractivity contribution in [2.45, 2.75) is 31.7 Å². The van der Waals surface area contributed by atoms with Crippen molar-refractivity contribution in [3.8, 4) is 0 Å². The zero-order valence-electron chi connectivity index (χ0n) is 18.7. The molecule has 1 aliphatic rings. The molecule has 32 heavy (non-hydrogen) atoms. The monoisotopic (exact) mass is 441 g/mol. The van der Waals surface area contributed by atoms with Crippen LogP contribution in [-0.2, 0) is 18.9 Å². The molecule has 2 heterocycles. The number of amides is 2. The average molecular weight is 442 g/mol. The molecule has 0 saturated carbocycles. The summed E-state index contributed by atoms with van der Waals surface area (Å²) >= 11 is 0. The average Bonchev–Trinajstić information content (AvgIpc) is 2.81. The second-order valence-corrected chi connectivity index (χ2v) is 8.09. The standard InChI is InChI=1S/C23H31N5O4/c1-26-19(16-21(30)27(2)23(26)32)22(31)28-13-7-6-11-24-18(17-9-4-3-5-10-17)15-20(29)25-12-8-14-28/h3-5,9-10,16,18,24H,6-8,11-15H2,1-2H3,(H,25,29). The number of rotatable bonds is 2. The summed E-state index contributed by atoms with van der Waals surface area (Å²) in [6.07, 6.45) is 2.52. The van der Waals surface area contributed by atoms with Crippen LogP contribution < -0.4 is 21.9 Å². The predicted octanol–water partition coefficient (Wildman–Crippen LogP) is 0.547. The number of nitrogens with one attached hydrogen (secondary N) is 2. The van der Waals surface area contributed by atoms with Gasteiger partial charge in [0.25, 0.3) is 11.5 Å². The summed E-state index contributed by atoms with van der Waals surface area (Å²) in [5.74, 6) is -0.393. The molecule has 1 unspecified atom stereocenters. The highest BCUT2D eigenvalue weighted by atomic mass is 16.2. The number of aromatic nitrogens is 2. The first-order valence-corrected chi connectivity index (χ1v) is 11.0. The van der Waals surface area contributed by atoms with E-state index in [2.05, 4.69) is 10.6 Å². The molecule has 0 aliphatic carbocycles. The molecular formula is C23H31N5O4. The van der Waals surface area contributed by atoms with Crippen molar-refractivity contribution in [3.05, 3.63) is 68.5 Å².